The zero-order valence-corrected chi connectivity index (χ0v) is 11.7. The van der Waals surface area contributed by atoms with Crippen molar-refractivity contribution >= 4 is 0 Å². The van der Waals surface area contributed by atoms with Gasteiger partial charge in [-0.1, -0.05) is 33.6 Å². The van der Waals surface area contributed by atoms with E-state index in [9.17, 15) is 0 Å². The lowest BCUT2D eigenvalue weighted by molar-refractivity contribution is -0.0533. The van der Waals surface area contributed by atoms with Crippen molar-refractivity contribution in [3.8, 4) is 0 Å². The van der Waals surface area contributed by atoms with Gasteiger partial charge in [0.1, 0.15) is 0 Å². The van der Waals surface area contributed by atoms with Gasteiger partial charge in [-0.2, -0.15) is 0 Å². The van der Waals surface area contributed by atoms with E-state index in [4.69, 9.17) is 9.47 Å². The van der Waals surface area contributed by atoms with Gasteiger partial charge in [-0.05, 0) is 25.3 Å². The van der Waals surface area contributed by atoms with Gasteiger partial charge in [0.25, 0.3) is 0 Å². The molecule has 1 unspecified atom stereocenters. The van der Waals surface area contributed by atoms with E-state index in [1.54, 1.807) is 0 Å². The van der Waals surface area contributed by atoms with Crippen molar-refractivity contribution < 1.29 is 9.47 Å². The number of hydrogen-bond donors (Lipinski definition) is 1. The Kier molecular flexibility index (Phi) is 7.82. The molecule has 1 atom stereocenters. The first kappa shape index (κ1) is 14.9. The van der Waals surface area contributed by atoms with Gasteiger partial charge in [0.2, 0.25) is 0 Å². The molecule has 17 heavy (non-hydrogen) atoms. The van der Waals surface area contributed by atoms with Crippen molar-refractivity contribution in [2.45, 2.75) is 65.2 Å². The van der Waals surface area contributed by atoms with Crippen molar-refractivity contribution in [2.24, 2.45) is 5.92 Å². The molecule has 0 bridgehead atoms. The Bertz CT molecular complexity index is 179. The molecule has 0 spiro atoms. The molecule has 1 aliphatic heterocycles. The summed E-state index contributed by atoms with van der Waals surface area (Å²) in [4.78, 5) is 0. The maximum atomic E-state index is 5.53. The van der Waals surface area contributed by atoms with E-state index in [-0.39, 0.29) is 6.29 Å². The second-order valence-corrected chi connectivity index (χ2v) is 5.38. The Balaban J connectivity index is 2.20. The summed E-state index contributed by atoms with van der Waals surface area (Å²) in [5.41, 5.74) is 0. The Hall–Kier alpha value is -0.120. The van der Waals surface area contributed by atoms with Crippen molar-refractivity contribution in [3.63, 3.8) is 0 Å². The molecule has 1 N–H and O–H groups in total. The van der Waals surface area contributed by atoms with Crippen LogP contribution in [0.4, 0.5) is 0 Å². The van der Waals surface area contributed by atoms with Crippen LogP contribution in [0, 0.1) is 5.92 Å². The van der Waals surface area contributed by atoms with Crippen molar-refractivity contribution in [3.05, 3.63) is 0 Å². The van der Waals surface area contributed by atoms with Crippen LogP contribution < -0.4 is 5.32 Å². The quantitative estimate of drug-likeness (QED) is 0.675. The maximum Gasteiger partial charge on any atom is 0.159 e. The lowest BCUT2D eigenvalue weighted by Gasteiger charge is -2.21. The summed E-state index contributed by atoms with van der Waals surface area (Å²) in [6.07, 6.45) is 6.07. The third-order valence-corrected chi connectivity index (χ3v) is 3.18. The second kappa shape index (κ2) is 8.90. The van der Waals surface area contributed by atoms with Crippen LogP contribution in [0.2, 0.25) is 0 Å². The molecule has 102 valence electrons. The van der Waals surface area contributed by atoms with Crippen LogP contribution in [0.1, 0.15) is 52.9 Å². The topological polar surface area (TPSA) is 30.5 Å². The molecule has 1 aliphatic rings. The summed E-state index contributed by atoms with van der Waals surface area (Å²) in [5.74, 6) is 0.806. The van der Waals surface area contributed by atoms with Crippen LogP contribution in [0.25, 0.3) is 0 Å². The van der Waals surface area contributed by atoms with Gasteiger partial charge >= 0.3 is 0 Å². The average molecular weight is 243 g/mol. The zero-order valence-electron chi connectivity index (χ0n) is 11.7. The lowest BCUT2D eigenvalue weighted by atomic mass is 10.0. The molecule has 1 rings (SSSR count). The smallest absolute Gasteiger partial charge is 0.159 e. The highest BCUT2D eigenvalue weighted by Crippen LogP contribution is 2.16. The molecule has 1 heterocycles. The molecule has 0 aromatic heterocycles. The molecule has 1 saturated heterocycles. The number of rotatable bonds is 9. The summed E-state index contributed by atoms with van der Waals surface area (Å²) in [6, 6.07) is 0.553. The molecule has 1 fully saturated rings. The van der Waals surface area contributed by atoms with Gasteiger partial charge in [-0.3, -0.25) is 0 Å². The molecule has 0 aromatic rings. The van der Waals surface area contributed by atoms with Crippen LogP contribution in [0.5, 0.6) is 0 Å². The predicted octanol–water partition coefficient (Wildman–Crippen LogP) is 2.94. The van der Waals surface area contributed by atoms with Gasteiger partial charge in [0.15, 0.2) is 6.29 Å². The highest BCUT2D eigenvalue weighted by molar-refractivity contribution is 4.70. The third-order valence-electron chi connectivity index (χ3n) is 3.18. The first-order chi connectivity index (χ1) is 8.22. The highest BCUT2D eigenvalue weighted by atomic mass is 16.7. The van der Waals surface area contributed by atoms with E-state index < -0.39 is 0 Å². The fourth-order valence-corrected chi connectivity index (χ4v) is 2.20. The largest absolute Gasteiger partial charge is 0.350 e. The summed E-state index contributed by atoms with van der Waals surface area (Å²) < 4.78 is 11.1. The first-order valence-corrected chi connectivity index (χ1v) is 7.19. The van der Waals surface area contributed by atoms with Crippen LogP contribution >= 0.6 is 0 Å². The summed E-state index contributed by atoms with van der Waals surface area (Å²) >= 11 is 0. The van der Waals surface area contributed by atoms with Crippen LogP contribution in [0.3, 0.4) is 0 Å². The van der Waals surface area contributed by atoms with E-state index in [0.717, 1.165) is 32.1 Å². The van der Waals surface area contributed by atoms with E-state index >= 15 is 0 Å². The SMILES string of the molecule is CCCNC(CCCC(C)C)CC1OCCO1. The molecule has 3 heteroatoms. The van der Waals surface area contributed by atoms with Gasteiger partial charge in [0, 0.05) is 12.5 Å². The molecule has 0 aromatic carbocycles. The maximum absolute atomic E-state index is 5.53. The zero-order chi connectivity index (χ0) is 12.5. The standard InChI is InChI=1S/C14H29NO2/c1-4-8-15-13(7-5-6-12(2)3)11-14-16-9-10-17-14/h12-15H,4-11H2,1-3H3. The molecule has 0 amide bonds. The molecular formula is C14H29NO2. The number of nitrogens with one attached hydrogen (secondary N) is 1. The third kappa shape index (κ3) is 7.02. The van der Waals surface area contributed by atoms with Gasteiger partial charge < -0.3 is 14.8 Å². The van der Waals surface area contributed by atoms with Crippen LogP contribution in [-0.2, 0) is 9.47 Å². The fraction of sp³-hybridized carbons (Fsp3) is 1.00. The molecule has 0 radical (unpaired) electrons. The van der Waals surface area contributed by atoms with Crippen LogP contribution in [-0.4, -0.2) is 32.1 Å². The molecule has 0 aliphatic carbocycles. The predicted molar refractivity (Wildman–Crippen MR) is 71.1 cm³/mol. The van der Waals surface area contributed by atoms with Crippen molar-refractivity contribution in [1.82, 2.24) is 5.32 Å². The molecule has 3 nitrogen and oxygen atoms in total. The molecular weight excluding hydrogens is 214 g/mol. The van der Waals surface area contributed by atoms with Crippen LogP contribution in [0.15, 0.2) is 0 Å². The van der Waals surface area contributed by atoms with Crippen molar-refractivity contribution in [2.75, 3.05) is 19.8 Å². The minimum Gasteiger partial charge on any atom is -0.350 e. The normalized spacial score (nSPS) is 19.1. The Morgan fingerprint density at radius 2 is 1.88 bits per heavy atom. The fourth-order valence-electron chi connectivity index (χ4n) is 2.20. The van der Waals surface area contributed by atoms with Gasteiger partial charge in [-0.25, -0.2) is 0 Å². The van der Waals surface area contributed by atoms with E-state index in [2.05, 4.69) is 26.1 Å². The van der Waals surface area contributed by atoms with E-state index in [0.29, 0.717) is 6.04 Å². The second-order valence-electron chi connectivity index (χ2n) is 5.38. The minimum absolute atomic E-state index is 0.0309. The Morgan fingerprint density at radius 1 is 1.18 bits per heavy atom. The Morgan fingerprint density at radius 3 is 2.47 bits per heavy atom. The average Bonchev–Trinajstić information content (AvgIpc) is 2.78. The Labute approximate surface area is 106 Å². The number of ether oxygens (including phenoxy) is 2. The van der Waals surface area contributed by atoms with Gasteiger partial charge in [-0.15, -0.1) is 0 Å². The molecule has 0 saturated carbocycles. The summed E-state index contributed by atoms with van der Waals surface area (Å²) in [5, 5.41) is 3.61. The summed E-state index contributed by atoms with van der Waals surface area (Å²) in [7, 11) is 0. The lowest BCUT2D eigenvalue weighted by Crippen LogP contribution is -2.33. The minimum atomic E-state index is 0.0309. The van der Waals surface area contributed by atoms with E-state index in [1.807, 2.05) is 0 Å². The highest BCUT2D eigenvalue weighted by Gasteiger charge is 2.20. The van der Waals surface area contributed by atoms with E-state index in [1.165, 1.54) is 25.7 Å². The number of hydrogen-bond acceptors (Lipinski definition) is 3. The monoisotopic (exact) mass is 243 g/mol. The van der Waals surface area contributed by atoms with Gasteiger partial charge in [0.05, 0.1) is 13.2 Å². The van der Waals surface area contributed by atoms with Crippen molar-refractivity contribution in [1.29, 1.82) is 0 Å². The summed E-state index contributed by atoms with van der Waals surface area (Å²) in [6.45, 7) is 9.41. The first-order valence-electron chi connectivity index (χ1n) is 7.19.